The molecule has 0 unspecified atom stereocenters. The Bertz CT molecular complexity index is 542. The molecule has 4 nitrogen and oxygen atoms in total. The van der Waals surface area contributed by atoms with Crippen molar-refractivity contribution in [3.8, 4) is 0 Å². The molecule has 0 aromatic carbocycles. The van der Waals surface area contributed by atoms with Crippen molar-refractivity contribution >= 4 is 17.3 Å². The molecule has 122 valence electrons. The molecule has 22 heavy (non-hydrogen) atoms. The predicted molar refractivity (Wildman–Crippen MR) is 87.8 cm³/mol. The highest BCUT2D eigenvalue weighted by Gasteiger charge is 2.35. The molecule has 3 rings (SSSR count). The lowest BCUT2D eigenvalue weighted by Gasteiger charge is -2.45. The fraction of sp³-hybridized carbons (Fsp3) is 0.706. The normalized spacial score (nSPS) is 28.3. The van der Waals surface area contributed by atoms with Crippen LogP contribution in [0.1, 0.15) is 59.3 Å². The third kappa shape index (κ3) is 2.94. The summed E-state index contributed by atoms with van der Waals surface area (Å²) < 4.78 is 0. The minimum atomic E-state index is -0.813. The highest BCUT2D eigenvalue weighted by Crippen LogP contribution is 2.41. The van der Waals surface area contributed by atoms with Gasteiger partial charge in [0.1, 0.15) is 0 Å². The number of hydrogen-bond donors (Lipinski definition) is 2. The van der Waals surface area contributed by atoms with Gasteiger partial charge in [0.05, 0.1) is 11.7 Å². The molecule has 0 bridgehead atoms. The molecule has 2 fully saturated rings. The zero-order valence-electron chi connectivity index (χ0n) is 13.3. The Kier molecular flexibility index (Phi) is 4.57. The second-order valence-electron chi connectivity index (χ2n) is 6.91. The number of rotatable bonds is 4. The SMILES string of the molecule is Cc1c(C(=O)O)csc1[C@H](C)[C@H]1CC[C@H](N2CC(O)C2)CC1. The number of nitrogens with zero attached hydrogens (tertiary/aromatic N) is 1. The molecule has 1 aromatic heterocycles. The van der Waals surface area contributed by atoms with Gasteiger partial charge in [-0.15, -0.1) is 11.3 Å². The van der Waals surface area contributed by atoms with Gasteiger partial charge < -0.3 is 10.2 Å². The first kappa shape index (κ1) is 16.0. The van der Waals surface area contributed by atoms with Crippen molar-refractivity contribution in [2.45, 2.75) is 57.6 Å². The number of aromatic carboxylic acids is 1. The van der Waals surface area contributed by atoms with E-state index in [-0.39, 0.29) is 6.10 Å². The van der Waals surface area contributed by atoms with Crippen molar-refractivity contribution in [2.75, 3.05) is 13.1 Å². The number of likely N-dealkylation sites (tertiary alicyclic amines) is 1. The van der Waals surface area contributed by atoms with Crippen LogP contribution >= 0.6 is 11.3 Å². The van der Waals surface area contributed by atoms with Crippen LogP contribution in [0.3, 0.4) is 0 Å². The molecule has 1 aromatic rings. The summed E-state index contributed by atoms with van der Waals surface area (Å²) in [5.41, 5.74) is 1.42. The molecular weight excluding hydrogens is 298 g/mol. The lowest BCUT2D eigenvalue weighted by Crippen LogP contribution is -2.56. The minimum Gasteiger partial charge on any atom is -0.478 e. The van der Waals surface area contributed by atoms with E-state index in [1.165, 1.54) is 30.6 Å². The number of aliphatic hydroxyl groups excluding tert-OH is 1. The summed E-state index contributed by atoms with van der Waals surface area (Å²) in [5.74, 6) is 0.287. The number of carboxylic acid groups (broad SMARTS) is 1. The maximum atomic E-state index is 11.2. The second-order valence-corrected chi connectivity index (χ2v) is 7.82. The van der Waals surface area contributed by atoms with Crippen LogP contribution in [0.25, 0.3) is 0 Å². The number of carboxylic acids is 1. The molecule has 1 saturated heterocycles. The molecule has 1 aliphatic carbocycles. The van der Waals surface area contributed by atoms with Crippen LogP contribution < -0.4 is 0 Å². The van der Waals surface area contributed by atoms with Crippen LogP contribution in [-0.4, -0.2) is 46.3 Å². The van der Waals surface area contributed by atoms with Gasteiger partial charge in [-0.3, -0.25) is 4.90 Å². The zero-order chi connectivity index (χ0) is 15.9. The van der Waals surface area contributed by atoms with Crippen LogP contribution in [0.4, 0.5) is 0 Å². The average molecular weight is 323 g/mol. The fourth-order valence-corrected chi connectivity index (χ4v) is 5.27. The van der Waals surface area contributed by atoms with E-state index in [2.05, 4.69) is 11.8 Å². The Balaban J connectivity index is 1.60. The molecule has 1 aliphatic heterocycles. The first-order chi connectivity index (χ1) is 10.5. The number of β-amino-alcohol motifs (C(OH)–C–C–N with tert-alkyl or cyclic N) is 1. The first-order valence-electron chi connectivity index (χ1n) is 8.20. The predicted octanol–water partition coefficient (Wildman–Crippen LogP) is 3.09. The first-order valence-corrected chi connectivity index (χ1v) is 9.08. The van der Waals surface area contributed by atoms with E-state index in [1.807, 2.05) is 6.92 Å². The lowest BCUT2D eigenvalue weighted by atomic mass is 9.77. The molecule has 0 radical (unpaired) electrons. The van der Waals surface area contributed by atoms with Gasteiger partial charge in [-0.1, -0.05) is 6.92 Å². The van der Waals surface area contributed by atoms with Gasteiger partial charge >= 0.3 is 5.97 Å². The van der Waals surface area contributed by atoms with Crippen molar-refractivity contribution in [3.63, 3.8) is 0 Å². The molecule has 5 heteroatoms. The van der Waals surface area contributed by atoms with Gasteiger partial charge in [-0.25, -0.2) is 4.79 Å². The van der Waals surface area contributed by atoms with Gasteiger partial charge in [-0.2, -0.15) is 0 Å². The van der Waals surface area contributed by atoms with Gasteiger partial charge in [0.25, 0.3) is 0 Å². The summed E-state index contributed by atoms with van der Waals surface area (Å²) >= 11 is 1.61. The van der Waals surface area contributed by atoms with Gasteiger partial charge in [0.15, 0.2) is 0 Å². The molecule has 2 heterocycles. The number of aliphatic hydroxyl groups is 1. The van der Waals surface area contributed by atoms with E-state index in [1.54, 1.807) is 16.7 Å². The molecule has 2 aliphatic rings. The Morgan fingerprint density at radius 1 is 1.32 bits per heavy atom. The van der Waals surface area contributed by atoms with E-state index in [4.69, 9.17) is 0 Å². The third-order valence-corrected chi connectivity index (χ3v) is 6.86. The number of hydrogen-bond acceptors (Lipinski definition) is 4. The van der Waals surface area contributed by atoms with Gasteiger partial charge in [-0.05, 0) is 50.0 Å². The minimum absolute atomic E-state index is 0.111. The van der Waals surface area contributed by atoms with E-state index >= 15 is 0 Å². The average Bonchev–Trinajstić information content (AvgIpc) is 2.85. The highest BCUT2D eigenvalue weighted by molar-refractivity contribution is 7.10. The standard InChI is InChI=1S/C17H25NO3S/c1-10(16-11(2)15(9-22-16)17(20)21)12-3-5-13(6-4-12)18-7-14(19)8-18/h9-10,12-14,19H,3-8H2,1-2H3,(H,20,21)/t10-,12-,13-/m1/s1. The molecule has 0 amide bonds. The zero-order valence-corrected chi connectivity index (χ0v) is 14.1. The maximum absolute atomic E-state index is 11.2. The van der Waals surface area contributed by atoms with E-state index in [0.717, 1.165) is 18.7 Å². The smallest absolute Gasteiger partial charge is 0.336 e. The molecular formula is C17H25NO3S. The third-order valence-electron chi connectivity index (χ3n) is 5.58. The Labute approximate surface area is 135 Å². The molecule has 0 spiro atoms. The van der Waals surface area contributed by atoms with Crippen LogP contribution in [0.5, 0.6) is 0 Å². The van der Waals surface area contributed by atoms with Crippen molar-refractivity contribution in [3.05, 3.63) is 21.4 Å². The monoisotopic (exact) mass is 323 g/mol. The fourth-order valence-electron chi connectivity index (χ4n) is 4.06. The van der Waals surface area contributed by atoms with E-state index in [9.17, 15) is 15.0 Å². The number of carbonyl (C=O) groups is 1. The Morgan fingerprint density at radius 2 is 1.95 bits per heavy atom. The van der Waals surface area contributed by atoms with Crippen molar-refractivity contribution in [1.29, 1.82) is 0 Å². The molecule has 1 saturated carbocycles. The number of thiophene rings is 1. The quantitative estimate of drug-likeness (QED) is 0.894. The lowest BCUT2D eigenvalue weighted by molar-refractivity contribution is -0.0372. The largest absolute Gasteiger partial charge is 0.478 e. The van der Waals surface area contributed by atoms with Crippen LogP contribution in [0.2, 0.25) is 0 Å². The molecule has 2 N–H and O–H groups in total. The summed E-state index contributed by atoms with van der Waals surface area (Å²) in [6.07, 6.45) is 4.71. The van der Waals surface area contributed by atoms with Gasteiger partial charge in [0, 0.05) is 29.4 Å². The van der Waals surface area contributed by atoms with E-state index < -0.39 is 5.97 Å². The maximum Gasteiger partial charge on any atom is 0.336 e. The summed E-state index contributed by atoms with van der Waals surface area (Å²) in [4.78, 5) is 14.9. The summed E-state index contributed by atoms with van der Waals surface area (Å²) in [6.45, 7) is 5.88. The second kappa shape index (κ2) is 6.30. The Hall–Kier alpha value is -0.910. The highest BCUT2D eigenvalue weighted by atomic mass is 32.1. The van der Waals surface area contributed by atoms with Crippen LogP contribution in [0.15, 0.2) is 5.38 Å². The molecule has 1 atom stereocenters. The topological polar surface area (TPSA) is 60.8 Å². The Morgan fingerprint density at radius 3 is 2.45 bits per heavy atom. The van der Waals surface area contributed by atoms with Crippen LogP contribution in [0, 0.1) is 12.8 Å². The summed E-state index contributed by atoms with van der Waals surface area (Å²) in [6, 6.07) is 0.644. The van der Waals surface area contributed by atoms with Crippen molar-refractivity contribution < 1.29 is 15.0 Å². The van der Waals surface area contributed by atoms with Crippen molar-refractivity contribution in [1.82, 2.24) is 4.90 Å². The summed E-state index contributed by atoms with van der Waals surface area (Å²) in [5, 5.41) is 20.4. The summed E-state index contributed by atoms with van der Waals surface area (Å²) in [7, 11) is 0. The van der Waals surface area contributed by atoms with Crippen molar-refractivity contribution in [2.24, 2.45) is 5.92 Å². The van der Waals surface area contributed by atoms with Crippen LogP contribution in [-0.2, 0) is 0 Å². The van der Waals surface area contributed by atoms with E-state index in [0.29, 0.717) is 23.4 Å². The van der Waals surface area contributed by atoms with Gasteiger partial charge in [0.2, 0.25) is 0 Å².